The Labute approximate surface area is 149 Å². The normalized spacial score (nSPS) is 18.9. The van der Waals surface area contributed by atoms with Gasteiger partial charge in [-0.2, -0.15) is 0 Å². The monoisotopic (exact) mass is 349 g/mol. The Kier molecular flexibility index (Phi) is 6.93. The third-order valence-corrected chi connectivity index (χ3v) is 4.65. The summed E-state index contributed by atoms with van der Waals surface area (Å²) in [6, 6.07) is 4.76. The summed E-state index contributed by atoms with van der Waals surface area (Å²) in [5.41, 5.74) is 0.353. The number of nitrogens with one attached hydrogen (secondary N) is 2. The lowest BCUT2D eigenvalue weighted by Gasteiger charge is -2.36. The van der Waals surface area contributed by atoms with E-state index in [2.05, 4.69) is 10.6 Å². The van der Waals surface area contributed by atoms with Crippen LogP contribution in [0.15, 0.2) is 24.3 Å². The fraction of sp³-hybridized carbons (Fsp3) is 0.579. The highest BCUT2D eigenvalue weighted by Crippen LogP contribution is 2.18. The molecule has 0 aliphatic carbocycles. The topological polar surface area (TPSA) is 61.4 Å². The van der Waals surface area contributed by atoms with Crippen LogP contribution in [0.1, 0.15) is 37.0 Å². The molecule has 2 amide bonds. The van der Waals surface area contributed by atoms with Crippen molar-refractivity contribution in [3.05, 3.63) is 35.6 Å². The number of rotatable bonds is 6. The van der Waals surface area contributed by atoms with E-state index in [1.807, 2.05) is 25.8 Å². The number of carbonyl (C=O) groups excluding carboxylic acids is 2. The van der Waals surface area contributed by atoms with Crippen LogP contribution in [0.3, 0.4) is 0 Å². The van der Waals surface area contributed by atoms with Crippen molar-refractivity contribution in [2.75, 3.05) is 26.7 Å². The summed E-state index contributed by atoms with van der Waals surface area (Å²) in [6.45, 7) is 6.17. The van der Waals surface area contributed by atoms with E-state index >= 15 is 0 Å². The van der Waals surface area contributed by atoms with Gasteiger partial charge in [-0.3, -0.25) is 9.59 Å². The summed E-state index contributed by atoms with van der Waals surface area (Å²) in [4.78, 5) is 27.2. The molecule has 5 nitrogen and oxygen atoms in total. The van der Waals surface area contributed by atoms with Gasteiger partial charge < -0.3 is 15.5 Å². The molecule has 1 fully saturated rings. The summed E-state index contributed by atoms with van der Waals surface area (Å²) >= 11 is 0. The molecule has 0 bridgehead atoms. The van der Waals surface area contributed by atoms with Crippen LogP contribution in [0.4, 0.5) is 4.39 Å². The molecule has 138 valence electrons. The summed E-state index contributed by atoms with van der Waals surface area (Å²) in [6.07, 6.45) is 2.09. The lowest BCUT2D eigenvalue weighted by Crippen LogP contribution is -2.54. The molecule has 0 spiro atoms. The quantitative estimate of drug-likeness (QED) is 0.826. The fourth-order valence-corrected chi connectivity index (χ4v) is 3.26. The summed E-state index contributed by atoms with van der Waals surface area (Å²) in [5, 5.41) is 6.00. The van der Waals surface area contributed by atoms with Gasteiger partial charge in [0.25, 0.3) is 5.91 Å². The Hall–Kier alpha value is -1.95. The maximum atomic E-state index is 13.0. The van der Waals surface area contributed by atoms with Crippen LogP contribution in [-0.4, -0.2) is 49.4 Å². The van der Waals surface area contributed by atoms with Crippen LogP contribution in [0.5, 0.6) is 0 Å². The van der Waals surface area contributed by atoms with Gasteiger partial charge in [-0.25, -0.2) is 4.39 Å². The van der Waals surface area contributed by atoms with Crippen LogP contribution >= 0.6 is 0 Å². The molecule has 1 aromatic carbocycles. The first kappa shape index (κ1) is 19.4. The minimum atomic E-state index is -0.578. The molecule has 0 aromatic heterocycles. The zero-order chi connectivity index (χ0) is 18.4. The molecule has 2 rings (SSSR count). The van der Waals surface area contributed by atoms with Crippen molar-refractivity contribution < 1.29 is 14.0 Å². The van der Waals surface area contributed by atoms with E-state index in [0.29, 0.717) is 11.5 Å². The van der Waals surface area contributed by atoms with E-state index in [0.717, 1.165) is 32.5 Å². The Morgan fingerprint density at radius 1 is 1.28 bits per heavy atom. The van der Waals surface area contributed by atoms with E-state index < -0.39 is 11.9 Å². The SMILES string of the molecule is CNCC1CCCN(C(=O)C(NC(=O)c2ccc(F)cc2)C(C)C)C1. The molecule has 0 radical (unpaired) electrons. The third-order valence-electron chi connectivity index (χ3n) is 4.65. The second-order valence-electron chi connectivity index (χ2n) is 7.05. The van der Waals surface area contributed by atoms with Crippen molar-refractivity contribution in [2.45, 2.75) is 32.7 Å². The number of likely N-dealkylation sites (tertiary alicyclic amines) is 1. The lowest BCUT2D eigenvalue weighted by atomic mass is 9.95. The van der Waals surface area contributed by atoms with Crippen molar-refractivity contribution in [2.24, 2.45) is 11.8 Å². The molecule has 2 unspecified atom stereocenters. The maximum Gasteiger partial charge on any atom is 0.251 e. The highest BCUT2D eigenvalue weighted by Gasteiger charge is 2.31. The molecular formula is C19H28FN3O2. The predicted molar refractivity (Wildman–Crippen MR) is 95.7 cm³/mol. The second kappa shape index (κ2) is 8.94. The third kappa shape index (κ3) is 5.26. The zero-order valence-corrected chi connectivity index (χ0v) is 15.2. The minimum Gasteiger partial charge on any atom is -0.341 e. The average Bonchev–Trinajstić information content (AvgIpc) is 2.60. The molecule has 1 aliphatic heterocycles. The van der Waals surface area contributed by atoms with Gasteiger partial charge in [-0.15, -0.1) is 0 Å². The number of halogens is 1. The van der Waals surface area contributed by atoms with Gasteiger partial charge in [0.15, 0.2) is 0 Å². The first-order chi connectivity index (χ1) is 11.9. The van der Waals surface area contributed by atoms with Gasteiger partial charge in [0.2, 0.25) is 5.91 Å². The van der Waals surface area contributed by atoms with Gasteiger partial charge >= 0.3 is 0 Å². The van der Waals surface area contributed by atoms with Crippen molar-refractivity contribution in [1.82, 2.24) is 15.5 Å². The molecule has 2 N–H and O–H groups in total. The standard InChI is InChI=1S/C19H28FN3O2/c1-13(2)17(22-18(24)15-6-8-16(20)9-7-15)19(25)23-10-4-5-14(12-23)11-21-3/h6-9,13-14,17,21H,4-5,10-12H2,1-3H3,(H,22,24). The van der Waals surface area contributed by atoms with Crippen LogP contribution < -0.4 is 10.6 Å². The highest BCUT2D eigenvalue weighted by atomic mass is 19.1. The minimum absolute atomic E-state index is 0.0263. The Morgan fingerprint density at radius 2 is 1.96 bits per heavy atom. The molecule has 0 saturated carbocycles. The van der Waals surface area contributed by atoms with Crippen molar-refractivity contribution in [3.8, 4) is 0 Å². The number of hydrogen-bond donors (Lipinski definition) is 2. The van der Waals surface area contributed by atoms with Gasteiger partial charge in [0, 0.05) is 18.7 Å². The Balaban J connectivity index is 2.05. The first-order valence-electron chi connectivity index (χ1n) is 8.92. The number of hydrogen-bond acceptors (Lipinski definition) is 3. The molecule has 2 atom stereocenters. The number of carbonyl (C=O) groups is 2. The van der Waals surface area contributed by atoms with Crippen LogP contribution in [-0.2, 0) is 4.79 Å². The van der Waals surface area contributed by atoms with Gasteiger partial charge in [-0.1, -0.05) is 13.8 Å². The molecule has 1 aliphatic rings. The number of amides is 2. The second-order valence-corrected chi connectivity index (χ2v) is 7.05. The number of piperidine rings is 1. The molecule has 1 heterocycles. The van der Waals surface area contributed by atoms with E-state index in [-0.39, 0.29) is 17.7 Å². The van der Waals surface area contributed by atoms with Crippen LogP contribution in [0, 0.1) is 17.7 Å². The van der Waals surface area contributed by atoms with Crippen molar-refractivity contribution >= 4 is 11.8 Å². The van der Waals surface area contributed by atoms with Crippen molar-refractivity contribution in [1.29, 1.82) is 0 Å². The molecular weight excluding hydrogens is 321 g/mol. The van der Waals surface area contributed by atoms with E-state index in [9.17, 15) is 14.0 Å². The number of benzene rings is 1. The fourth-order valence-electron chi connectivity index (χ4n) is 3.26. The smallest absolute Gasteiger partial charge is 0.251 e. The maximum absolute atomic E-state index is 13.0. The summed E-state index contributed by atoms with van der Waals surface area (Å²) < 4.78 is 13.0. The summed E-state index contributed by atoms with van der Waals surface area (Å²) in [7, 11) is 1.92. The van der Waals surface area contributed by atoms with Gasteiger partial charge in [0.05, 0.1) is 0 Å². The lowest BCUT2D eigenvalue weighted by molar-refractivity contribution is -0.136. The van der Waals surface area contributed by atoms with Crippen molar-refractivity contribution in [3.63, 3.8) is 0 Å². The largest absolute Gasteiger partial charge is 0.341 e. The highest BCUT2D eigenvalue weighted by molar-refractivity contribution is 5.97. The molecule has 25 heavy (non-hydrogen) atoms. The van der Waals surface area contributed by atoms with Crippen LogP contribution in [0.2, 0.25) is 0 Å². The molecule has 1 aromatic rings. The number of nitrogens with zero attached hydrogens (tertiary/aromatic N) is 1. The Bertz CT molecular complexity index is 587. The van der Waals surface area contributed by atoms with Crippen LogP contribution in [0.25, 0.3) is 0 Å². The predicted octanol–water partition coefficient (Wildman–Crippen LogP) is 2.04. The first-order valence-corrected chi connectivity index (χ1v) is 8.92. The Morgan fingerprint density at radius 3 is 2.56 bits per heavy atom. The van der Waals surface area contributed by atoms with E-state index in [1.165, 1.54) is 24.3 Å². The molecule has 1 saturated heterocycles. The van der Waals surface area contributed by atoms with E-state index in [1.54, 1.807) is 0 Å². The zero-order valence-electron chi connectivity index (χ0n) is 15.2. The van der Waals surface area contributed by atoms with Gasteiger partial charge in [0.1, 0.15) is 11.9 Å². The summed E-state index contributed by atoms with van der Waals surface area (Å²) in [5.74, 6) is -0.357. The van der Waals surface area contributed by atoms with E-state index in [4.69, 9.17) is 0 Å². The van der Waals surface area contributed by atoms with Gasteiger partial charge in [-0.05, 0) is 62.5 Å². The molecule has 6 heteroatoms. The average molecular weight is 349 g/mol.